The van der Waals surface area contributed by atoms with Crippen molar-refractivity contribution >= 4 is 40.1 Å². The van der Waals surface area contributed by atoms with Crippen molar-refractivity contribution in [3.63, 3.8) is 0 Å². The van der Waals surface area contributed by atoms with Gasteiger partial charge in [-0.2, -0.15) is 15.2 Å². The van der Waals surface area contributed by atoms with Crippen molar-refractivity contribution in [2.45, 2.75) is 19.5 Å². The van der Waals surface area contributed by atoms with Crippen LogP contribution in [0.25, 0.3) is 10.9 Å². The van der Waals surface area contributed by atoms with Gasteiger partial charge >= 0.3 is 0 Å². The summed E-state index contributed by atoms with van der Waals surface area (Å²) >= 11 is 6.28. The second-order valence-electron chi connectivity index (χ2n) is 6.70. The number of anilines is 3. The molecule has 1 atom stereocenters. The van der Waals surface area contributed by atoms with Crippen LogP contribution in [0.2, 0.25) is 5.02 Å². The van der Waals surface area contributed by atoms with Crippen LogP contribution in [0.4, 0.5) is 17.6 Å². The lowest BCUT2D eigenvalue weighted by Gasteiger charge is -2.20. The fourth-order valence-electron chi connectivity index (χ4n) is 3.24. The van der Waals surface area contributed by atoms with Crippen LogP contribution in [-0.4, -0.2) is 29.5 Å². The van der Waals surface area contributed by atoms with Gasteiger partial charge in [-0.05, 0) is 19.1 Å². The van der Waals surface area contributed by atoms with Crippen LogP contribution in [0.15, 0.2) is 35.4 Å². The van der Waals surface area contributed by atoms with Crippen LogP contribution in [0, 0.1) is 11.3 Å². The van der Waals surface area contributed by atoms with Gasteiger partial charge in [-0.3, -0.25) is 9.36 Å². The van der Waals surface area contributed by atoms with Crippen molar-refractivity contribution < 1.29 is 0 Å². The molecule has 3 heterocycles. The number of nitrogens with zero attached hydrogens (tertiary/aromatic N) is 6. The Hall–Kier alpha value is -4.17. The highest BCUT2D eigenvalue weighted by Gasteiger charge is 2.21. The molecule has 6 N–H and O–H groups in total. The van der Waals surface area contributed by atoms with Crippen molar-refractivity contribution in [2.75, 3.05) is 16.8 Å². The molecule has 0 saturated heterocycles. The average Bonchev–Trinajstić information content (AvgIpc) is 3.22. The lowest BCUT2D eigenvalue weighted by atomic mass is 10.2. The summed E-state index contributed by atoms with van der Waals surface area (Å²) in [5.41, 5.74) is 11.6. The number of hydrogen-bond acceptors (Lipinski definition) is 9. The zero-order valence-corrected chi connectivity index (χ0v) is 17.1. The molecule has 0 unspecified atom stereocenters. The van der Waals surface area contributed by atoms with Crippen LogP contribution in [-0.2, 0) is 6.54 Å². The summed E-state index contributed by atoms with van der Waals surface area (Å²) in [6.07, 6.45) is 3.25. The van der Waals surface area contributed by atoms with Crippen molar-refractivity contribution in [3.8, 4) is 6.07 Å². The number of halogens is 1. The molecule has 0 aliphatic rings. The lowest BCUT2D eigenvalue weighted by Crippen LogP contribution is -2.29. The Morgan fingerprint density at radius 1 is 1.32 bits per heavy atom. The number of aromatic nitrogens is 6. The summed E-state index contributed by atoms with van der Waals surface area (Å²) < 4.78 is 1.46. The number of aromatic amines is 1. The van der Waals surface area contributed by atoms with Gasteiger partial charge in [-0.25, -0.2) is 9.97 Å². The van der Waals surface area contributed by atoms with Gasteiger partial charge in [0.1, 0.15) is 29.1 Å². The number of nitrogens with one attached hydrogen (secondary N) is 2. The van der Waals surface area contributed by atoms with Crippen molar-refractivity contribution in [3.05, 3.63) is 63.2 Å². The van der Waals surface area contributed by atoms with Crippen LogP contribution in [0.5, 0.6) is 0 Å². The van der Waals surface area contributed by atoms with E-state index >= 15 is 0 Å². The van der Waals surface area contributed by atoms with Crippen molar-refractivity contribution in [1.29, 1.82) is 5.26 Å². The second-order valence-corrected chi connectivity index (χ2v) is 7.11. The SMILES string of the molecule is C[C@H](Nc1nc(N)nc(N)c1C#N)c1nc2cccc(Cl)c2c(=O)n1Cc1ncc[nH]1. The molecule has 0 radical (unpaired) electrons. The minimum Gasteiger partial charge on any atom is -0.382 e. The number of hydrogen-bond donors (Lipinski definition) is 4. The van der Waals surface area contributed by atoms with E-state index in [1.807, 2.05) is 6.07 Å². The second kappa shape index (κ2) is 7.92. The van der Waals surface area contributed by atoms with Crippen LogP contribution < -0.4 is 22.3 Å². The van der Waals surface area contributed by atoms with E-state index in [-0.39, 0.29) is 35.3 Å². The third-order valence-corrected chi connectivity index (χ3v) is 4.95. The number of fused-ring (bicyclic) bond motifs is 1. The van der Waals surface area contributed by atoms with E-state index < -0.39 is 6.04 Å². The molecule has 4 aromatic rings. The van der Waals surface area contributed by atoms with Gasteiger partial charge in [0.05, 0.1) is 28.5 Å². The monoisotopic (exact) mass is 436 g/mol. The molecule has 0 spiro atoms. The first kappa shape index (κ1) is 20.1. The standard InChI is InChI=1S/C19H17ClN10O/c1-9(26-16-10(7-21)15(22)28-19(23)29-16)17-27-12-4-2-3-11(20)14(12)18(31)30(17)8-13-24-5-6-25-13/h2-6,9H,8H2,1H3,(H,24,25)(H5,22,23,26,28,29)/t9-/m0/s1. The maximum atomic E-state index is 13.3. The molecule has 12 heteroatoms. The van der Waals surface area contributed by atoms with Gasteiger partial charge < -0.3 is 21.8 Å². The summed E-state index contributed by atoms with van der Waals surface area (Å²) in [4.78, 5) is 33.0. The first-order valence-electron chi connectivity index (χ1n) is 9.16. The summed E-state index contributed by atoms with van der Waals surface area (Å²) in [5.74, 6) is 0.964. The van der Waals surface area contributed by atoms with E-state index in [4.69, 9.17) is 23.1 Å². The van der Waals surface area contributed by atoms with Gasteiger partial charge in [0, 0.05) is 12.4 Å². The quantitative estimate of drug-likeness (QED) is 0.363. The predicted molar refractivity (Wildman–Crippen MR) is 116 cm³/mol. The molecule has 3 aromatic heterocycles. The zero-order chi connectivity index (χ0) is 22.1. The fourth-order valence-corrected chi connectivity index (χ4v) is 3.49. The first-order valence-corrected chi connectivity index (χ1v) is 9.53. The minimum absolute atomic E-state index is 0.0454. The van der Waals surface area contributed by atoms with E-state index in [0.717, 1.165) is 0 Å². The molecular weight excluding hydrogens is 420 g/mol. The van der Waals surface area contributed by atoms with Crippen molar-refractivity contribution in [1.82, 2.24) is 29.5 Å². The summed E-state index contributed by atoms with van der Waals surface area (Å²) in [6.45, 7) is 1.91. The van der Waals surface area contributed by atoms with Gasteiger partial charge in [0.2, 0.25) is 5.95 Å². The summed E-state index contributed by atoms with van der Waals surface area (Å²) in [7, 11) is 0. The van der Waals surface area contributed by atoms with E-state index in [0.29, 0.717) is 27.6 Å². The molecule has 156 valence electrons. The number of imidazole rings is 1. The Balaban J connectivity index is 1.86. The number of H-pyrrole nitrogens is 1. The highest BCUT2D eigenvalue weighted by atomic mass is 35.5. The Kier molecular flexibility index (Phi) is 5.14. The van der Waals surface area contributed by atoms with Gasteiger partial charge in [-0.15, -0.1) is 0 Å². The van der Waals surface area contributed by atoms with Crippen LogP contribution in [0.1, 0.15) is 30.2 Å². The molecule has 0 bridgehead atoms. The lowest BCUT2D eigenvalue weighted by molar-refractivity contribution is 0.624. The van der Waals surface area contributed by atoms with E-state index in [2.05, 4.69) is 30.2 Å². The van der Waals surface area contributed by atoms with Gasteiger partial charge in [-0.1, -0.05) is 17.7 Å². The van der Waals surface area contributed by atoms with Gasteiger partial charge in [0.15, 0.2) is 5.82 Å². The zero-order valence-electron chi connectivity index (χ0n) is 16.3. The van der Waals surface area contributed by atoms with Crippen LogP contribution >= 0.6 is 11.6 Å². The molecule has 0 saturated carbocycles. The average molecular weight is 437 g/mol. The molecule has 0 aliphatic heterocycles. The molecule has 1 aromatic carbocycles. The molecule has 0 fully saturated rings. The van der Waals surface area contributed by atoms with E-state index in [1.54, 1.807) is 37.5 Å². The highest BCUT2D eigenvalue weighted by molar-refractivity contribution is 6.35. The normalized spacial score (nSPS) is 11.9. The first-order chi connectivity index (χ1) is 14.9. The van der Waals surface area contributed by atoms with Gasteiger partial charge in [0.25, 0.3) is 5.56 Å². The number of rotatable bonds is 5. The number of nitrogen functional groups attached to an aromatic ring is 2. The maximum absolute atomic E-state index is 13.3. The summed E-state index contributed by atoms with van der Waals surface area (Å²) in [6, 6.07) is 6.45. The van der Waals surface area contributed by atoms with E-state index in [9.17, 15) is 10.1 Å². The Labute approximate surface area is 180 Å². The maximum Gasteiger partial charge on any atom is 0.263 e. The molecule has 11 nitrogen and oxygen atoms in total. The Morgan fingerprint density at radius 3 is 2.84 bits per heavy atom. The topological polar surface area (TPSA) is 177 Å². The minimum atomic E-state index is -0.563. The smallest absolute Gasteiger partial charge is 0.263 e. The number of nitriles is 1. The molecule has 0 amide bonds. The van der Waals surface area contributed by atoms with E-state index in [1.165, 1.54) is 4.57 Å². The Morgan fingerprint density at radius 2 is 2.13 bits per heavy atom. The third-order valence-electron chi connectivity index (χ3n) is 4.63. The number of benzene rings is 1. The van der Waals surface area contributed by atoms with Crippen molar-refractivity contribution in [2.24, 2.45) is 0 Å². The van der Waals surface area contributed by atoms with Crippen LogP contribution in [0.3, 0.4) is 0 Å². The summed E-state index contributed by atoms with van der Waals surface area (Å²) in [5, 5.41) is 13.1. The molecule has 4 rings (SSSR count). The largest absolute Gasteiger partial charge is 0.382 e. The highest BCUT2D eigenvalue weighted by Crippen LogP contribution is 2.25. The predicted octanol–water partition coefficient (Wildman–Crippen LogP) is 1.82. The molecule has 31 heavy (non-hydrogen) atoms. The Bertz CT molecular complexity index is 1370. The molecular formula is C19H17ClN10O. The fraction of sp³-hybridized carbons (Fsp3) is 0.158. The molecule has 0 aliphatic carbocycles. The number of nitrogens with two attached hydrogens (primary N) is 2. The third kappa shape index (κ3) is 3.72.